The lowest BCUT2D eigenvalue weighted by Gasteiger charge is -2.36. The van der Waals surface area contributed by atoms with Crippen molar-refractivity contribution in [2.75, 3.05) is 31.1 Å². The third-order valence-corrected chi connectivity index (χ3v) is 6.03. The van der Waals surface area contributed by atoms with E-state index in [1.807, 2.05) is 17.0 Å². The van der Waals surface area contributed by atoms with Gasteiger partial charge in [0, 0.05) is 54.0 Å². The number of amides is 1. The van der Waals surface area contributed by atoms with Crippen molar-refractivity contribution in [2.45, 2.75) is 25.7 Å². The number of nitrogens with one attached hydrogen (secondary N) is 1. The van der Waals surface area contributed by atoms with Gasteiger partial charge in [-0.25, -0.2) is 0 Å². The first kappa shape index (κ1) is 16.4. The number of aromatic amines is 1. The van der Waals surface area contributed by atoms with E-state index >= 15 is 0 Å². The number of carbonyl (C=O) groups is 1. The number of benzene rings is 2. The quantitative estimate of drug-likeness (QED) is 0.751. The summed E-state index contributed by atoms with van der Waals surface area (Å²) in [6.07, 6.45) is 4.77. The van der Waals surface area contributed by atoms with Crippen molar-refractivity contribution >= 4 is 22.5 Å². The molecule has 1 aromatic heterocycles. The summed E-state index contributed by atoms with van der Waals surface area (Å²) in [5.41, 5.74) is 6.04. The second-order valence-corrected chi connectivity index (χ2v) is 7.66. The largest absolute Gasteiger partial charge is 0.368 e. The number of nitrogens with zero attached hydrogens (tertiary/aromatic N) is 2. The molecule has 1 aliphatic carbocycles. The number of fused-ring (bicyclic) bond motifs is 3. The smallest absolute Gasteiger partial charge is 0.253 e. The van der Waals surface area contributed by atoms with E-state index in [9.17, 15) is 4.79 Å². The Labute approximate surface area is 159 Å². The topological polar surface area (TPSA) is 39.3 Å². The van der Waals surface area contributed by atoms with Gasteiger partial charge in [-0.2, -0.15) is 0 Å². The number of carbonyl (C=O) groups excluding carboxylic acids is 1. The van der Waals surface area contributed by atoms with Crippen molar-refractivity contribution in [1.29, 1.82) is 0 Å². The van der Waals surface area contributed by atoms with Crippen molar-refractivity contribution in [3.05, 3.63) is 65.4 Å². The fourth-order valence-electron chi connectivity index (χ4n) is 4.53. The zero-order valence-corrected chi connectivity index (χ0v) is 15.6. The van der Waals surface area contributed by atoms with Gasteiger partial charge in [0.15, 0.2) is 0 Å². The molecular formula is C23H25N3O. The Kier molecular flexibility index (Phi) is 4.12. The minimum Gasteiger partial charge on any atom is -0.368 e. The molecule has 1 amide bonds. The molecule has 1 aliphatic heterocycles. The molecule has 1 fully saturated rings. The lowest BCUT2D eigenvalue weighted by atomic mass is 9.95. The van der Waals surface area contributed by atoms with Crippen LogP contribution in [-0.2, 0) is 12.8 Å². The summed E-state index contributed by atoms with van der Waals surface area (Å²) < 4.78 is 0. The first-order valence-electron chi connectivity index (χ1n) is 10.0. The number of aromatic nitrogens is 1. The lowest BCUT2D eigenvalue weighted by Crippen LogP contribution is -2.48. The molecule has 0 bridgehead atoms. The summed E-state index contributed by atoms with van der Waals surface area (Å²) in [4.78, 5) is 21.0. The van der Waals surface area contributed by atoms with Gasteiger partial charge in [-0.15, -0.1) is 0 Å². The van der Waals surface area contributed by atoms with Crippen LogP contribution in [-0.4, -0.2) is 42.0 Å². The molecule has 0 saturated carbocycles. The molecule has 27 heavy (non-hydrogen) atoms. The summed E-state index contributed by atoms with van der Waals surface area (Å²) in [7, 11) is 0. The van der Waals surface area contributed by atoms with Crippen molar-refractivity contribution in [3.8, 4) is 0 Å². The molecule has 3 aromatic rings. The van der Waals surface area contributed by atoms with Crippen LogP contribution in [0.25, 0.3) is 10.9 Å². The van der Waals surface area contributed by atoms with Crippen molar-refractivity contribution in [3.63, 3.8) is 0 Å². The Morgan fingerprint density at radius 2 is 1.67 bits per heavy atom. The molecular weight excluding hydrogens is 334 g/mol. The average molecular weight is 359 g/mol. The predicted octanol–water partition coefficient (Wildman–Crippen LogP) is 4.01. The molecule has 5 rings (SSSR count). The molecule has 2 heterocycles. The van der Waals surface area contributed by atoms with Crippen LogP contribution < -0.4 is 4.90 Å². The fraction of sp³-hybridized carbons (Fsp3) is 0.348. The van der Waals surface area contributed by atoms with Gasteiger partial charge in [0.25, 0.3) is 5.91 Å². The van der Waals surface area contributed by atoms with Crippen molar-refractivity contribution in [2.24, 2.45) is 0 Å². The van der Waals surface area contributed by atoms with Gasteiger partial charge in [0.05, 0.1) is 0 Å². The summed E-state index contributed by atoms with van der Waals surface area (Å²) in [6.45, 7) is 3.32. The number of piperazine rings is 1. The summed E-state index contributed by atoms with van der Waals surface area (Å²) >= 11 is 0. The van der Waals surface area contributed by atoms with Gasteiger partial charge >= 0.3 is 0 Å². The van der Waals surface area contributed by atoms with E-state index in [0.29, 0.717) is 0 Å². The first-order chi connectivity index (χ1) is 13.3. The van der Waals surface area contributed by atoms with Crippen LogP contribution in [0.1, 0.15) is 34.5 Å². The molecule has 1 saturated heterocycles. The van der Waals surface area contributed by atoms with Crippen LogP contribution in [0.2, 0.25) is 0 Å². The van der Waals surface area contributed by atoms with Crippen LogP contribution in [0.5, 0.6) is 0 Å². The highest BCUT2D eigenvalue weighted by Crippen LogP contribution is 2.30. The Balaban J connectivity index is 1.34. The summed E-state index contributed by atoms with van der Waals surface area (Å²) in [6, 6.07) is 16.6. The van der Waals surface area contributed by atoms with E-state index in [1.165, 1.54) is 40.7 Å². The first-order valence-corrected chi connectivity index (χ1v) is 10.0. The monoisotopic (exact) mass is 359 g/mol. The Bertz CT molecular complexity index is 968. The van der Waals surface area contributed by atoms with Gasteiger partial charge in [0.1, 0.15) is 0 Å². The van der Waals surface area contributed by atoms with E-state index in [4.69, 9.17) is 0 Å². The van der Waals surface area contributed by atoms with Crippen LogP contribution in [0, 0.1) is 0 Å². The second-order valence-electron chi connectivity index (χ2n) is 7.66. The number of anilines is 1. The zero-order valence-electron chi connectivity index (χ0n) is 15.6. The minimum atomic E-state index is 0.162. The number of para-hydroxylation sites is 1. The molecule has 0 atom stereocenters. The molecule has 0 spiro atoms. The second kappa shape index (κ2) is 6.76. The normalized spacial score (nSPS) is 17.2. The highest BCUT2D eigenvalue weighted by molar-refractivity contribution is 5.99. The summed E-state index contributed by atoms with van der Waals surface area (Å²) in [5, 5.41) is 1.25. The van der Waals surface area contributed by atoms with Crippen molar-refractivity contribution < 1.29 is 4.79 Å². The number of rotatable bonds is 2. The summed E-state index contributed by atoms with van der Waals surface area (Å²) in [5.74, 6) is 0.162. The highest BCUT2D eigenvalue weighted by Gasteiger charge is 2.23. The number of hydrogen-bond donors (Lipinski definition) is 1. The molecule has 4 nitrogen and oxygen atoms in total. The Hall–Kier alpha value is -2.75. The van der Waals surface area contributed by atoms with Crippen LogP contribution in [0.15, 0.2) is 48.5 Å². The highest BCUT2D eigenvalue weighted by atomic mass is 16.2. The Morgan fingerprint density at radius 3 is 2.48 bits per heavy atom. The van der Waals surface area contributed by atoms with E-state index in [1.54, 1.807) is 0 Å². The molecule has 1 N–H and O–H groups in total. The van der Waals surface area contributed by atoms with Gasteiger partial charge in [-0.05, 0) is 61.6 Å². The van der Waals surface area contributed by atoms with Gasteiger partial charge in [0.2, 0.25) is 0 Å². The number of hydrogen-bond acceptors (Lipinski definition) is 2. The number of aryl methyl sites for hydroxylation is 2. The SMILES string of the molecule is O=C(c1ccc2[nH]c3c(c2c1)CCCC3)N1CCN(c2ccccc2)CC1. The third-order valence-electron chi connectivity index (χ3n) is 6.03. The standard InChI is InChI=1S/C23H25N3O/c27-23(26-14-12-25(13-15-26)18-6-2-1-3-7-18)17-10-11-22-20(16-17)19-8-4-5-9-21(19)24-22/h1-3,6-7,10-11,16,24H,4-5,8-9,12-15H2. The van der Waals surface area contributed by atoms with Crippen LogP contribution in [0.3, 0.4) is 0 Å². The maximum Gasteiger partial charge on any atom is 0.253 e. The predicted molar refractivity (Wildman–Crippen MR) is 109 cm³/mol. The van der Waals surface area contributed by atoms with Gasteiger partial charge < -0.3 is 14.8 Å². The Morgan fingerprint density at radius 1 is 0.889 bits per heavy atom. The van der Waals surface area contributed by atoms with Gasteiger partial charge in [-0.3, -0.25) is 4.79 Å². The molecule has 2 aromatic carbocycles. The van der Waals surface area contributed by atoms with Crippen LogP contribution in [0.4, 0.5) is 5.69 Å². The molecule has 0 radical (unpaired) electrons. The molecule has 2 aliphatic rings. The maximum absolute atomic E-state index is 13.1. The number of H-pyrrole nitrogens is 1. The maximum atomic E-state index is 13.1. The van der Waals surface area contributed by atoms with Crippen molar-refractivity contribution in [1.82, 2.24) is 9.88 Å². The van der Waals surface area contributed by atoms with E-state index in [0.717, 1.165) is 44.6 Å². The zero-order chi connectivity index (χ0) is 18.2. The molecule has 138 valence electrons. The fourth-order valence-corrected chi connectivity index (χ4v) is 4.53. The molecule has 0 unspecified atom stereocenters. The minimum absolute atomic E-state index is 0.162. The molecule has 4 heteroatoms. The van der Waals surface area contributed by atoms with E-state index in [2.05, 4.69) is 46.3 Å². The van der Waals surface area contributed by atoms with Gasteiger partial charge in [-0.1, -0.05) is 18.2 Å². The van der Waals surface area contributed by atoms with E-state index < -0.39 is 0 Å². The van der Waals surface area contributed by atoms with E-state index in [-0.39, 0.29) is 5.91 Å². The lowest BCUT2D eigenvalue weighted by molar-refractivity contribution is 0.0747. The van der Waals surface area contributed by atoms with Crippen LogP contribution >= 0.6 is 0 Å². The average Bonchev–Trinajstić information content (AvgIpc) is 3.12. The third kappa shape index (κ3) is 2.99.